The lowest BCUT2D eigenvalue weighted by molar-refractivity contribution is -0.120. The number of halogens is 2. The normalized spacial score (nSPS) is 12.0. The minimum absolute atomic E-state index is 0.150. The number of carbonyl (C=O) groups excluding carboxylic acids is 1. The lowest BCUT2D eigenvalue weighted by Crippen LogP contribution is -2.30. The lowest BCUT2D eigenvalue weighted by Gasteiger charge is -2.13. The minimum atomic E-state index is -0.316. The first kappa shape index (κ1) is 15.9. The van der Waals surface area contributed by atoms with E-state index >= 15 is 0 Å². The van der Waals surface area contributed by atoms with E-state index in [-0.39, 0.29) is 23.5 Å². The van der Waals surface area contributed by atoms with Crippen LogP contribution in [0.2, 0.25) is 5.02 Å². The highest BCUT2D eigenvalue weighted by atomic mass is 35.5. The average Bonchev–Trinajstić information content (AvgIpc) is 2.48. The van der Waals surface area contributed by atoms with Gasteiger partial charge in [-0.2, -0.15) is 0 Å². The fourth-order valence-corrected chi connectivity index (χ4v) is 2.93. The SMILES string of the molecule is CC(Sc1ccccc1Cl)C(=O)NCc1ccccc1F. The van der Waals surface area contributed by atoms with Crippen LogP contribution in [0.25, 0.3) is 0 Å². The van der Waals surface area contributed by atoms with Crippen molar-refractivity contribution in [2.24, 2.45) is 0 Å². The molecule has 2 aromatic carbocycles. The zero-order chi connectivity index (χ0) is 15.2. The number of benzene rings is 2. The third-order valence-electron chi connectivity index (χ3n) is 2.92. The Balaban J connectivity index is 1.91. The molecule has 0 bridgehead atoms. The Morgan fingerprint density at radius 3 is 2.62 bits per heavy atom. The second-order valence-corrected chi connectivity index (χ2v) is 6.29. The van der Waals surface area contributed by atoms with Crippen LogP contribution in [0.3, 0.4) is 0 Å². The first-order valence-corrected chi connectivity index (χ1v) is 7.76. The molecule has 1 N–H and O–H groups in total. The molecule has 0 aliphatic rings. The molecule has 2 rings (SSSR count). The quantitative estimate of drug-likeness (QED) is 0.832. The zero-order valence-electron chi connectivity index (χ0n) is 11.5. The van der Waals surface area contributed by atoms with Gasteiger partial charge in [0.15, 0.2) is 0 Å². The Bertz CT molecular complexity index is 635. The van der Waals surface area contributed by atoms with Gasteiger partial charge in [0.25, 0.3) is 0 Å². The van der Waals surface area contributed by atoms with Gasteiger partial charge in [-0.3, -0.25) is 4.79 Å². The van der Waals surface area contributed by atoms with Gasteiger partial charge in [-0.25, -0.2) is 4.39 Å². The largest absolute Gasteiger partial charge is 0.351 e. The van der Waals surface area contributed by atoms with Crippen molar-refractivity contribution in [1.29, 1.82) is 0 Å². The number of nitrogens with one attached hydrogen (secondary N) is 1. The summed E-state index contributed by atoms with van der Waals surface area (Å²) in [4.78, 5) is 12.9. The third-order valence-corrected chi connectivity index (χ3v) is 4.54. The molecular weight excluding hydrogens is 309 g/mol. The fourth-order valence-electron chi connectivity index (χ4n) is 1.75. The van der Waals surface area contributed by atoms with E-state index in [0.29, 0.717) is 10.6 Å². The Morgan fingerprint density at radius 1 is 1.24 bits per heavy atom. The number of hydrogen-bond donors (Lipinski definition) is 1. The van der Waals surface area contributed by atoms with Crippen LogP contribution in [0.5, 0.6) is 0 Å². The molecule has 0 spiro atoms. The topological polar surface area (TPSA) is 29.1 Å². The number of hydrogen-bond acceptors (Lipinski definition) is 2. The van der Waals surface area contributed by atoms with E-state index in [9.17, 15) is 9.18 Å². The van der Waals surface area contributed by atoms with E-state index in [1.807, 2.05) is 18.2 Å². The molecule has 0 aliphatic carbocycles. The van der Waals surface area contributed by atoms with Gasteiger partial charge in [0, 0.05) is 17.0 Å². The molecular formula is C16H15ClFNOS. The number of rotatable bonds is 5. The standard InChI is InChI=1S/C16H15ClFNOS/c1-11(21-15-9-5-3-7-13(15)17)16(20)19-10-12-6-2-4-8-14(12)18/h2-9,11H,10H2,1H3,(H,19,20). The number of thioether (sulfide) groups is 1. The Kier molecular flexibility index (Phi) is 5.65. The Labute approximate surface area is 132 Å². The van der Waals surface area contributed by atoms with Gasteiger partial charge in [-0.05, 0) is 25.1 Å². The van der Waals surface area contributed by atoms with Crippen LogP contribution in [-0.2, 0) is 11.3 Å². The van der Waals surface area contributed by atoms with Crippen molar-refractivity contribution in [1.82, 2.24) is 5.32 Å². The highest BCUT2D eigenvalue weighted by Crippen LogP contribution is 2.30. The van der Waals surface area contributed by atoms with Crippen LogP contribution in [0.15, 0.2) is 53.4 Å². The summed E-state index contributed by atoms with van der Waals surface area (Å²) in [6, 6.07) is 13.8. The molecule has 2 aromatic rings. The van der Waals surface area contributed by atoms with Gasteiger partial charge in [-0.1, -0.05) is 41.9 Å². The van der Waals surface area contributed by atoms with Crippen LogP contribution < -0.4 is 5.32 Å². The molecule has 2 nitrogen and oxygen atoms in total. The van der Waals surface area contributed by atoms with Gasteiger partial charge in [0.1, 0.15) is 5.82 Å². The van der Waals surface area contributed by atoms with Crippen molar-refractivity contribution in [2.75, 3.05) is 0 Å². The van der Waals surface area contributed by atoms with E-state index in [2.05, 4.69) is 5.32 Å². The van der Waals surface area contributed by atoms with Gasteiger partial charge in [0.2, 0.25) is 5.91 Å². The zero-order valence-corrected chi connectivity index (χ0v) is 13.0. The number of amides is 1. The Morgan fingerprint density at radius 2 is 1.90 bits per heavy atom. The van der Waals surface area contributed by atoms with Crippen LogP contribution in [0.1, 0.15) is 12.5 Å². The summed E-state index contributed by atoms with van der Waals surface area (Å²) in [6.45, 7) is 1.98. The second-order valence-electron chi connectivity index (χ2n) is 4.50. The predicted octanol–water partition coefficient (Wildman–Crippen LogP) is 4.28. The average molecular weight is 324 g/mol. The van der Waals surface area contributed by atoms with Crippen molar-refractivity contribution >= 4 is 29.3 Å². The first-order chi connectivity index (χ1) is 10.1. The van der Waals surface area contributed by atoms with E-state index in [4.69, 9.17) is 11.6 Å². The molecule has 0 heterocycles. The molecule has 0 aromatic heterocycles. The van der Waals surface area contributed by atoms with Crippen LogP contribution in [0.4, 0.5) is 4.39 Å². The van der Waals surface area contributed by atoms with E-state index in [1.165, 1.54) is 17.8 Å². The molecule has 0 aliphatic heterocycles. The molecule has 1 atom stereocenters. The summed E-state index contributed by atoms with van der Waals surface area (Å²) in [7, 11) is 0. The maximum atomic E-state index is 13.5. The van der Waals surface area contributed by atoms with Crippen molar-refractivity contribution in [3.05, 3.63) is 64.9 Å². The van der Waals surface area contributed by atoms with Crippen LogP contribution in [0, 0.1) is 5.82 Å². The molecule has 5 heteroatoms. The minimum Gasteiger partial charge on any atom is -0.351 e. The summed E-state index contributed by atoms with van der Waals surface area (Å²) < 4.78 is 13.5. The molecule has 0 saturated carbocycles. The Hall–Kier alpha value is -1.52. The fraction of sp³-hybridized carbons (Fsp3) is 0.188. The molecule has 110 valence electrons. The summed E-state index contributed by atoms with van der Waals surface area (Å²) in [6.07, 6.45) is 0. The van der Waals surface area contributed by atoms with Gasteiger partial charge >= 0.3 is 0 Å². The summed E-state index contributed by atoms with van der Waals surface area (Å²) in [5.74, 6) is -0.465. The van der Waals surface area contributed by atoms with Crippen LogP contribution in [-0.4, -0.2) is 11.2 Å². The monoisotopic (exact) mass is 323 g/mol. The molecule has 0 fully saturated rings. The summed E-state index contributed by atoms with van der Waals surface area (Å²) >= 11 is 7.44. The van der Waals surface area contributed by atoms with Gasteiger partial charge in [0.05, 0.1) is 10.3 Å². The van der Waals surface area contributed by atoms with E-state index in [0.717, 1.165) is 4.90 Å². The van der Waals surface area contributed by atoms with Gasteiger partial charge in [-0.15, -0.1) is 11.8 Å². The molecule has 21 heavy (non-hydrogen) atoms. The van der Waals surface area contributed by atoms with Crippen molar-refractivity contribution < 1.29 is 9.18 Å². The van der Waals surface area contributed by atoms with Crippen molar-refractivity contribution in [3.8, 4) is 0 Å². The third kappa shape index (κ3) is 4.48. The smallest absolute Gasteiger partial charge is 0.233 e. The predicted molar refractivity (Wildman–Crippen MR) is 85.0 cm³/mol. The van der Waals surface area contributed by atoms with Crippen molar-refractivity contribution in [3.63, 3.8) is 0 Å². The first-order valence-electron chi connectivity index (χ1n) is 6.50. The summed E-state index contributed by atoms with van der Waals surface area (Å²) in [5, 5.41) is 3.05. The maximum absolute atomic E-state index is 13.5. The highest BCUT2D eigenvalue weighted by Gasteiger charge is 2.15. The molecule has 1 unspecified atom stereocenters. The number of carbonyl (C=O) groups is 1. The lowest BCUT2D eigenvalue weighted by atomic mass is 10.2. The van der Waals surface area contributed by atoms with E-state index in [1.54, 1.807) is 31.2 Å². The molecule has 0 saturated heterocycles. The van der Waals surface area contributed by atoms with Gasteiger partial charge < -0.3 is 5.32 Å². The molecule has 1 amide bonds. The maximum Gasteiger partial charge on any atom is 0.233 e. The second kappa shape index (κ2) is 7.48. The van der Waals surface area contributed by atoms with E-state index < -0.39 is 0 Å². The molecule has 0 radical (unpaired) electrons. The summed E-state index contributed by atoms with van der Waals surface area (Å²) in [5.41, 5.74) is 0.473. The highest BCUT2D eigenvalue weighted by molar-refractivity contribution is 8.00. The van der Waals surface area contributed by atoms with Crippen LogP contribution >= 0.6 is 23.4 Å². The van der Waals surface area contributed by atoms with Crippen molar-refractivity contribution in [2.45, 2.75) is 23.6 Å².